The van der Waals surface area contributed by atoms with Gasteiger partial charge in [-0.15, -0.1) is 11.3 Å². The van der Waals surface area contributed by atoms with E-state index in [-0.39, 0.29) is 17.3 Å². The lowest BCUT2D eigenvalue weighted by atomic mass is 10.1. The molecular weight excluding hydrogens is 392 g/mol. The van der Waals surface area contributed by atoms with E-state index in [0.717, 1.165) is 11.1 Å². The SMILES string of the molecule is COC(=O)CSc1nc2scc(-c3ccccc3)c2c(=O)n1-c1ccccc1. The van der Waals surface area contributed by atoms with E-state index in [1.54, 1.807) is 4.57 Å². The van der Waals surface area contributed by atoms with Gasteiger partial charge < -0.3 is 4.74 Å². The Balaban J connectivity index is 1.94. The summed E-state index contributed by atoms with van der Waals surface area (Å²) in [6, 6.07) is 19.1. The Kier molecular flexibility index (Phi) is 5.27. The highest BCUT2D eigenvalue weighted by atomic mass is 32.2. The first kappa shape index (κ1) is 18.5. The van der Waals surface area contributed by atoms with Gasteiger partial charge in [-0.1, -0.05) is 60.3 Å². The van der Waals surface area contributed by atoms with Crippen molar-refractivity contribution >= 4 is 39.3 Å². The number of thiophene rings is 1. The first-order valence-corrected chi connectivity index (χ1v) is 10.4. The van der Waals surface area contributed by atoms with E-state index in [2.05, 4.69) is 0 Å². The van der Waals surface area contributed by atoms with E-state index in [1.165, 1.54) is 30.2 Å². The van der Waals surface area contributed by atoms with Gasteiger partial charge in [-0.2, -0.15) is 0 Å². The number of benzene rings is 2. The Bertz CT molecular complexity index is 1180. The van der Waals surface area contributed by atoms with Crippen molar-refractivity contribution in [1.29, 1.82) is 0 Å². The third-order valence-electron chi connectivity index (χ3n) is 4.22. The number of fused-ring (bicyclic) bond motifs is 1. The van der Waals surface area contributed by atoms with Crippen LogP contribution in [0.25, 0.3) is 27.0 Å². The van der Waals surface area contributed by atoms with Crippen LogP contribution in [0.4, 0.5) is 0 Å². The standard InChI is InChI=1S/C21H16N2O3S2/c1-26-17(24)13-28-21-22-19-18(16(12-27-19)14-8-4-2-5-9-14)20(25)23(21)15-10-6-3-7-11-15/h2-12H,13H2,1H3. The molecule has 2 aromatic heterocycles. The molecule has 0 saturated heterocycles. The van der Waals surface area contributed by atoms with Crippen molar-refractivity contribution in [2.75, 3.05) is 12.9 Å². The van der Waals surface area contributed by atoms with Gasteiger partial charge in [-0.05, 0) is 17.7 Å². The van der Waals surface area contributed by atoms with Crippen molar-refractivity contribution in [2.24, 2.45) is 0 Å². The molecule has 0 aliphatic heterocycles. The van der Waals surface area contributed by atoms with E-state index in [0.29, 0.717) is 21.1 Å². The Morgan fingerprint density at radius 1 is 1.11 bits per heavy atom. The zero-order valence-corrected chi connectivity index (χ0v) is 16.6. The molecule has 0 atom stereocenters. The van der Waals surface area contributed by atoms with Crippen molar-refractivity contribution in [3.05, 3.63) is 76.4 Å². The predicted molar refractivity (Wildman–Crippen MR) is 113 cm³/mol. The molecule has 0 fully saturated rings. The summed E-state index contributed by atoms with van der Waals surface area (Å²) in [5, 5.41) is 3.01. The lowest BCUT2D eigenvalue weighted by Crippen LogP contribution is -2.22. The van der Waals surface area contributed by atoms with Gasteiger partial charge in [-0.25, -0.2) is 4.98 Å². The molecular formula is C21H16N2O3S2. The largest absolute Gasteiger partial charge is 0.468 e. The monoisotopic (exact) mass is 408 g/mol. The summed E-state index contributed by atoms with van der Waals surface area (Å²) in [4.78, 5) is 30.5. The summed E-state index contributed by atoms with van der Waals surface area (Å²) >= 11 is 2.62. The molecule has 0 spiro atoms. The second-order valence-corrected chi connectivity index (χ2v) is 7.73. The molecule has 0 aliphatic carbocycles. The number of carbonyl (C=O) groups excluding carboxylic acids is 1. The molecule has 0 unspecified atom stereocenters. The van der Waals surface area contributed by atoms with Crippen molar-refractivity contribution in [2.45, 2.75) is 5.16 Å². The third-order valence-corrected chi connectivity index (χ3v) is 6.01. The van der Waals surface area contributed by atoms with E-state index < -0.39 is 0 Å². The molecule has 4 rings (SSSR count). The van der Waals surface area contributed by atoms with Crippen LogP contribution in [-0.4, -0.2) is 28.4 Å². The Hall–Kier alpha value is -2.90. The van der Waals surface area contributed by atoms with Gasteiger partial charge in [0.2, 0.25) is 0 Å². The molecule has 0 amide bonds. The van der Waals surface area contributed by atoms with Crippen LogP contribution in [0.3, 0.4) is 0 Å². The van der Waals surface area contributed by atoms with Gasteiger partial charge >= 0.3 is 5.97 Å². The highest BCUT2D eigenvalue weighted by Crippen LogP contribution is 2.32. The van der Waals surface area contributed by atoms with E-state index in [9.17, 15) is 9.59 Å². The van der Waals surface area contributed by atoms with Gasteiger partial charge in [0.25, 0.3) is 5.56 Å². The molecule has 0 radical (unpaired) electrons. The highest BCUT2D eigenvalue weighted by molar-refractivity contribution is 7.99. The van der Waals surface area contributed by atoms with Crippen LogP contribution in [0.1, 0.15) is 0 Å². The number of esters is 1. The van der Waals surface area contributed by atoms with E-state index in [4.69, 9.17) is 9.72 Å². The van der Waals surface area contributed by atoms with Crippen molar-refractivity contribution < 1.29 is 9.53 Å². The third kappa shape index (κ3) is 3.46. The average Bonchev–Trinajstić information content (AvgIpc) is 3.17. The smallest absolute Gasteiger partial charge is 0.316 e. The molecule has 4 aromatic rings. The first-order valence-electron chi connectivity index (χ1n) is 8.53. The normalized spacial score (nSPS) is 10.9. The van der Waals surface area contributed by atoms with Crippen LogP contribution in [0.2, 0.25) is 0 Å². The number of aromatic nitrogens is 2. The molecule has 2 aromatic carbocycles. The number of rotatable bonds is 5. The minimum atomic E-state index is -0.366. The summed E-state index contributed by atoms with van der Waals surface area (Å²) < 4.78 is 6.29. The van der Waals surface area contributed by atoms with Crippen molar-refractivity contribution in [3.8, 4) is 16.8 Å². The molecule has 0 aliphatic rings. The predicted octanol–water partition coefficient (Wildman–Crippen LogP) is 4.38. The Morgan fingerprint density at radius 3 is 2.46 bits per heavy atom. The summed E-state index contributed by atoms with van der Waals surface area (Å²) in [5.41, 5.74) is 2.40. The second kappa shape index (κ2) is 8.00. The fourth-order valence-electron chi connectivity index (χ4n) is 2.89. The number of thioether (sulfide) groups is 1. The zero-order valence-electron chi connectivity index (χ0n) is 15.0. The maximum atomic E-state index is 13.5. The molecule has 0 saturated carbocycles. The van der Waals surface area contributed by atoms with Crippen LogP contribution in [0.5, 0.6) is 0 Å². The number of carbonyl (C=O) groups is 1. The molecule has 0 bridgehead atoms. The summed E-state index contributed by atoms with van der Waals surface area (Å²) in [6.07, 6.45) is 0. The van der Waals surface area contributed by atoms with E-state index >= 15 is 0 Å². The van der Waals surface area contributed by atoms with Crippen LogP contribution >= 0.6 is 23.1 Å². The first-order chi connectivity index (χ1) is 13.7. The summed E-state index contributed by atoms with van der Waals surface area (Å²) in [5.74, 6) is -0.284. The fraction of sp³-hybridized carbons (Fsp3) is 0.0952. The number of nitrogens with zero attached hydrogens (tertiary/aromatic N) is 2. The number of ether oxygens (including phenoxy) is 1. The summed E-state index contributed by atoms with van der Waals surface area (Å²) in [7, 11) is 1.34. The molecule has 0 N–H and O–H groups in total. The average molecular weight is 409 g/mol. The van der Waals surface area contributed by atoms with Gasteiger partial charge in [-0.3, -0.25) is 14.2 Å². The lowest BCUT2D eigenvalue weighted by molar-refractivity contribution is -0.137. The zero-order chi connectivity index (χ0) is 19.5. The van der Waals surface area contributed by atoms with Crippen molar-refractivity contribution in [3.63, 3.8) is 0 Å². The number of para-hydroxylation sites is 1. The Morgan fingerprint density at radius 2 is 1.79 bits per heavy atom. The minimum Gasteiger partial charge on any atom is -0.468 e. The van der Waals surface area contributed by atoms with Crippen LogP contribution in [-0.2, 0) is 9.53 Å². The van der Waals surface area contributed by atoms with Crippen LogP contribution in [0, 0.1) is 0 Å². The van der Waals surface area contributed by atoms with Crippen LogP contribution < -0.4 is 5.56 Å². The topological polar surface area (TPSA) is 61.2 Å². The number of methoxy groups -OCH3 is 1. The van der Waals surface area contributed by atoms with Crippen molar-refractivity contribution in [1.82, 2.24) is 9.55 Å². The minimum absolute atomic E-state index is 0.0815. The Labute approximate surface area is 169 Å². The summed E-state index contributed by atoms with van der Waals surface area (Å²) in [6.45, 7) is 0. The molecule has 140 valence electrons. The van der Waals surface area contributed by atoms with Gasteiger partial charge in [0.15, 0.2) is 5.16 Å². The number of hydrogen-bond donors (Lipinski definition) is 0. The van der Waals surface area contributed by atoms with Crippen LogP contribution in [0.15, 0.2) is 76.0 Å². The number of hydrogen-bond acceptors (Lipinski definition) is 6. The molecule has 2 heterocycles. The molecule has 7 heteroatoms. The van der Waals surface area contributed by atoms with E-state index in [1.807, 2.05) is 66.0 Å². The fourth-order valence-corrected chi connectivity index (χ4v) is 4.72. The quantitative estimate of drug-likeness (QED) is 0.279. The van der Waals surface area contributed by atoms with Gasteiger partial charge in [0.05, 0.1) is 23.9 Å². The maximum Gasteiger partial charge on any atom is 0.316 e. The van der Waals surface area contributed by atoms with Gasteiger partial charge in [0.1, 0.15) is 4.83 Å². The lowest BCUT2D eigenvalue weighted by Gasteiger charge is -2.12. The highest BCUT2D eigenvalue weighted by Gasteiger charge is 2.19. The maximum absolute atomic E-state index is 13.5. The molecule has 28 heavy (non-hydrogen) atoms. The van der Waals surface area contributed by atoms with Gasteiger partial charge in [0, 0.05) is 10.9 Å². The molecule has 5 nitrogen and oxygen atoms in total. The second-order valence-electron chi connectivity index (χ2n) is 5.93.